The van der Waals surface area contributed by atoms with Crippen molar-refractivity contribution in [3.63, 3.8) is 0 Å². The van der Waals surface area contributed by atoms with Crippen LogP contribution in [0.2, 0.25) is 0 Å². The van der Waals surface area contributed by atoms with Gasteiger partial charge in [-0.3, -0.25) is 24.6 Å². The lowest BCUT2D eigenvalue weighted by Gasteiger charge is -2.33. The number of carbonyl (C=O) groups excluding carboxylic acids is 3. The Hall–Kier alpha value is -3.13. The van der Waals surface area contributed by atoms with E-state index in [1.807, 2.05) is 13.0 Å². The summed E-state index contributed by atoms with van der Waals surface area (Å²) in [6.07, 6.45) is 2.00. The van der Waals surface area contributed by atoms with E-state index in [0.29, 0.717) is 17.7 Å². The highest BCUT2D eigenvalue weighted by Crippen LogP contribution is 2.38. The monoisotopic (exact) mass is 467 g/mol. The second kappa shape index (κ2) is 8.91. The summed E-state index contributed by atoms with van der Waals surface area (Å²) in [7, 11) is 0. The van der Waals surface area contributed by atoms with E-state index in [9.17, 15) is 23.2 Å². The smallest absolute Gasteiger partial charge is 0.255 e. The van der Waals surface area contributed by atoms with Gasteiger partial charge in [0.05, 0.1) is 0 Å². The van der Waals surface area contributed by atoms with Gasteiger partial charge in [-0.1, -0.05) is 17.7 Å². The van der Waals surface area contributed by atoms with Gasteiger partial charge in [-0.2, -0.15) is 0 Å². The quantitative estimate of drug-likeness (QED) is 0.700. The summed E-state index contributed by atoms with van der Waals surface area (Å²) in [4.78, 5) is 40.6. The minimum absolute atomic E-state index is 0.0811. The minimum atomic E-state index is -0.723. The van der Waals surface area contributed by atoms with Crippen LogP contribution in [0.15, 0.2) is 30.3 Å². The van der Waals surface area contributed by atoms with Gasteiger partial charge in [-0.15, -0.1) is 0 Å². The molecule has 1 unspecified atom stereocenters. The van der Waals surface area contributed by atoms with Gasteiger partial charge < -0.3 is 4.90 Å². The zero-order valence-corrected chi connectivity index (χ0v) is 19.1. The average molecular weight is 468 g/mol. The Labute approximate surface area is 196 Å². The molecule has 1 atom stereocenters. The predicted octanol–water partition coefficient (Wildman–Crippen LogP) is 3.41. The first-order valence-electron chi connectivity index (χ1n) is 11.7. The highest BCUT2D eigenvalue weighted by atomic mass is 19.1. The first-order chi connectivity index (χ1) is 16.3. The second-order valence-corrected chi connectivity index (χ2v) is 9.57. The molecule has 6 nitrogen and oxygen atoms in total. The molecule has 3 aliphatic heterocycles. The van der Waals surface area contributed by atoms with Gasteiger partial charge in [0, 0.05) is 30.6 Å². The van der Waals surface area contributed by atoms with Gasteiger partial charge in [0.25, 0.3) is 5.91 Å². The van der Waals surface area contributed by atoms with Gasteiger partial charge in [-0.25, -0.2) is 8.78 Å². The van der Waals surface area contributed by atoms with Crippen molar-refractivity contribution >= 4 is 17.7 Å². The fourth-order valence-electron chi connectivity index (χ4n) is 5.49. The lowest BCUT2D eigenvalue weighted by Crippen LogP contribution is -2.52. The summed E-state index contributed by atoms with van der Waals surface area (Å²) in [5.41, 5.74) is 3.60. The molecule has 2 saturated heterocycles. The molecule has 0 radical (unpaired) electrons. The number of fused-ring (bicyclic) bond motifs is 1. The van der Waals surface area contributed by atoms with E-state index in [4.69, 9.17) is 0 Å². The molecule has 8 heteroatoms. The molecule has 2 aromatic carbocycles. The molecule has 1 N–H and O–H groups in total. The van der Waals surface area contributed by atoms with Crippen molar-refractivity contribution in [2.45, 2.75) is 57.7 Å². The molecule has 0 bridgehead atoms. The van der Waals surface area contributed by atoms with Gasteiger partial charge in [0.1, 0.15) is 17.7 Å². The number of halogens is 2. The SMILES string of the molecule is Cc1ccc(F)c(CN2CCC(c3cc(F)cc4c3CN(C3CCC(=O)NC3=O)C4=O)CC2)c1. The van der Waals surface area contributed by atoms with Gasteiger partial charge in [-0.05, 0) is 74.5 Å². The van der Waals surface area contributed by atoms with Crippen LogP contribution in [0.5, 0.6) is 0 Å². The van der Waals surface area contributed by atoms with E-state index in [2.05, 4.69) is 10.2 Å². The van der Waals surface area contributed by atoms with Crippen LogP contribution in [0, 0.1) is 18.6 Å². The first kappa shape index (κ1) is 22.7. The molecule has 3 amide bonds. The average Bonchev–Trinajstić information content (AvgIpc) is 3.12. The van der Waals surface area contributed by atoms with Crippen molar-refractivity contribution in [2.75, 3.05) is 13.1 Å². The van der Waals surface area contributed by atoms with Crippen molar-refractivity contribution in [3.8, 4) is 0 Å². The zero-order chi connectivity index (χ0) is 24.0. The van der Waals surface area contributed by atoms with Crippen LogP contribution in [-0.4, -0.2) is 46.7 Å². The molecule has 178 valence electrons. The number of nitrogens with one attached hydrogen (secondary N) is 1. The summed E-state index contributed by atoms with van der Waals surface area (Å²) in [5.74, 6) is -1.76. The van der Waals surface area contributed by atoms with Crippen LogP contribution in [0.4, 0.5) is 8.78 Å². The lowest BCUT2D eigenvalue weighted by molar-refractivity contribution is -0.136. The number of carbonyl (C=O) groups is 3. The van der Waals surface area contributed by atoms with Crippen molar-refractivity contribution in [1.82, 2.24) is 15.1 Å². The molecule has 3 aliphatic rings. The van der Waals surface area contributed by atoms with E-state index >= 15 is 0 Å². The summed E-state index contributed by atoms with van der Waals surface area (Å²) < 4.78 is 28.7. The summed E-state index contributed by atoms with van der Waals surface area (Å²) in [5, 5.41) is 2.30. The van der Waals surface area contributed by atoms with Crippen LogP contribution in [-0.2, 0) is 22.7 Å². The van der Waals surface area contributed by atoms with Crippen molar-refractivity contribution in [1.29, 1.82) is 0 Å². The molecule has 3 heterocycles. The number of nitrogens with zero attached hydrogens (tertiary/aromatic N) is 2. The first-order valence-corrected chi connectivity index (χ1v) is 11.7. The maximum atomic E-state index is 14.5. The Bertz CT molecular complexity index is 1170. The molecule has 5 rings (SSSR count). The Morgan fingerprint density at radius 3 is 2.53 bits per heavy atom. The fraction of sp³-hybridized carbons (Fsp3) is 0.423. The van der Waals surface area contributed by atoms with E-state index < -0.39 is 17.8 Å². The van der Waals surface area contributed by atoms with E-state index in [-0.39, 0.29) is 42.9 Å². The topological polar surface area (TPSA) is 69.7 Å². The third-order valence-electron chi connectivity index (χ3n) is 7.28. The molecule has 0 spiro atoms. The maximum absolute atomic E-state index is 14.5. The molecular formula is C26H27F2N3O3. The van der Waals surface area contributed by atoms with Crippen molar-refractivity contribution in [2.24, 2.45) is 0 Å². The number of piperidine rings is 2. The standard InChI is InChI=1S/C26H27F2N3O3/c1-15-2-3-22(28)17(10-15)13-30-8-6-16(7-9-30)19-11-18(27)12-20-21(19)14-31(26(20)34)23-4-5-24(32)29-25(23)33/h2-3,10-12,16,23H,4-9,13-14H2,1H3,(H,29,32,33). The number of aryl methyl sites for hydroxylation is 1. The van der Waals surface area contributed by atoms with E-state index in [0.717, 1.165) is 42.6 Å². The number of hydrogen-bond acceptors (Lipinski definition) is 4. The number of imide groups is 1. The molecule has 0 aromatic heterocycles. The Kier molecular flexibility index (Phi) is 5.93. The molecule has 2 aromatic rings. The van der Waals surface area contributed by atoms with Crippen LogP contribution in [0.3, 0.4) is 0 Å². The molecule has 0 aliphatic carbocycles. The number of hydrogen-bond donors (Lipinski definition) is 1. The van der Waals surface area contributed by atoms with Gasteiger partial charge in [0.15, 0.2) is 0 Å². The molecule has 2 fully saturated rings. The largest absolute Gasteiger partial charge is 0.322 e. The van der Waals surface area contributed by atoms with E-state index in [1.165, 1.54) is 23.1 Å². The predicted molar refractivity (Wildman–Crippen MR) is 121 cm³/mol. The molecule has 0 saturated carbocycles. The second-order valence-electron chi connectivity index (χ2n) is 9.57. The van der Waals surface area contributed by atoms with Crippen LogP contribution in [0.25, 0.3) is 0 Å². The summed E-state index contributed by atoms with van der Waals surface area (Å²) >= 11 is 0. The highest BCUT2D eigenvalue weighted by Gasteiger charge is 2.41. The number of amides is 3. The summed E-state index contributed by atoms with van der Waals surface area (Å²) in [6, 6.07) is 7.17. The maximum Gasteiger partial charge on any atom is 0.255 e. The minimum Gasteiger partial charge on any atom is -0.322 e. The third-order valence-corrected chi connectivity index (χ3v) is 7.28. The molecular weight excluding hydrogens is 440 g/mol. The van der Waals surface area contributed by atoms with Gasteiger partial charge >= 0.3 is 0 Å². The number of likely N-dealkylation sites (tertiary alicyclic amines) is 1. The zero-order valence-electron chi connectivity index (χ0n) is 19.1. The Morgan fingerprint density at radius 1 is 1.03 bits per heavy atom. The van der Waals surface area contributed by atoms with E-state index in [1.54, 1.807) is 6.07 Å². The highest BCUT2D eigenvalue weighted by molar-refractivity contribution is 6.05. The van der Waals surface area contributed by atoms with Crippen LogP contribution >= 0.6 is 0 Å². The van der Waals surface area contributed by atoms with Gasteiger partial charge in [0.2, 0.25) is 11.8 Å². The normalized spacial score (nSPS) is 21.7. The Morgan fingerprint density at radius 2 is 1.79 bits per heavy atom. The van der Waals surface area contributed by atoms with Crippen LogP contribution < -0.4 is 5.32 Å². The fourth-order valence-corrected chi connectivity index (χ4v) is 5.49. The number of benzene rings is 2. The Balaban J connectivity index is 1.32. The lowest BCUT2D eigenvalue weighted by atomic mass is 9.85. The third kappa shape index (κ3) is 4.22. The van der Waals surface area contributed by atoms with Crippen molar-refractivity contribution in [3.05, 3.63) is 69.8 Å². The summed E-state index contributed by atoms with van der Waals surface area (Å²) in [6.45, 7) is 4.20. The van der Waals surface area contributed by atoms with Crippen molar-refractivity contribution < 1.29 is 23.2 Å². The molecule has 34 heavy (non-hydrogen) atoms. The van der Waals surface area contributed by atoms with Crippen LogP contribution in [0.1, 0.15) is 64.2 Å². The number of rotatable bonds is 4.